The zero-order chi connectivity index (χ0) is 14.3. The number of methoxy groups -OCH3 is 1. The molecule has 0 bridgehead atoms. The zero-order valence-electron chi connectivity index (χ0n) is 13.7. The summed E-state index contributed by atoms with van der Waals surface area (Å²) in [4.78, 5) is 2.63. The Morgan fingerprint density at radius 2 is 2.11 bits per heavy atom. The van der Waals surface area contributed by atoms with Gasteiger partial charge < -0.3 is 15.0 Å². The van der Waals surface area contributed by atoms with Crippen LogP contribution < -0.4 is 5.32 Å². The molecule has 3 heteroatoms. The van der Waals surface area contributed by atoms with Crippen LogP contribution in [0.3, 0.4) is 0 Å². The third-order valence-corrected chi connectivity index (χ3v) is 3.81. The lowest BCUT2D eigenvalue weighted by Gasteiger charge is -2.38. The highest BCUT2D eigenvalue weighted by Crippen LogP contribution is 2.22. The van der Waals surface area contributed by atoms with Gasteiger partial charge in [-0.25, -0.2) is 0 Å². The van der Waals surface area contributed by atoms with Crippen LogP contribution in [0.5, 0.6) is 0 Å². The van der Waals surface area contributed by atoms with Crippen LogP contribution in [0.4, 0.5) is 0 Å². The van der Waals surface area contributed by atoms with Crippen LogP contribution in [0.1, 0.15) is 40.5 Å². The van der Waals surface area contributed by atoms with Crippen LogP contribution in [-0.2, 0) is 4.74 Å². The van der Waals surface area contributed by atoms with Crippen molar-refractivity contribution in [2.75, 3.05) is 46.4 Å². The Labute approximate surface area is 120 Å². The van der Waals surface area contributed by atoms with Gasteiger partial charge >= 0.3 is 0 Å². The fourth-order valence-corrected chi connectivity index (χ4v) is 3.03. The predicted molar refractivity (Wildman–Crippen MR) is 82.5 cm³/mol. The third-order valence-electron chi connectivity index (χ3n) is 3.81. The van der Waals surface area contributed by atoms with E-state index in [9.17, 15) is 0 Å². The zero-order valence-corrected chi connectivity index (χ0v) is 13.7. The van der Waals surface area contributed by atoms with Crippen molar-refractivity contribution in [3.8, 4) is 0 Å². The van der Waals surface area contributed by atoms with E-state index < -0.39 is 0 Å². The first-order chi connectivity index (χ1) is 8.93. The number of ether oxygens (including phenoxy) is 1. The maximum atomic E-state index is 5.31. The summed E-state index contributed by atoms with van der Waals surface area (Å²) in [5, 5.41) is 3.60. The van der Waals surface area contributed by atoms with Crippen molar-refractivity contribution < 1.29 is 4.74 Å². The molecular formula is C16H34N2O. The molecule has 3 nitrogen and oxygen atoms in total. The number of hydrogen-bond acceptors (Lipinski definition) is 3. The molecule has 1 N–H and O–H groups in total. The predicted octanol–water partition coefficient (Wildman–Crippen LogP) is 2.62. The highest BCUT2D eigenvalue weighted by molar-refractivity contribution is 4.80. The molecule has 0 aromatic carbocycles. The van der Waals surface area contributed by atoms with E-state index in [0.717, 1.165) is 31.5 Å². The van der Waals surface area contributed by atoms with E-state index in [1.165, 1.54) is 32.5 Å². The SMILES string of the molecule is COCC1CCCN(CC(C)(C)CNCC(C)C)C1. The van der Waals surface area contributed by atoms with Crippen LogP contribution in [0.25, 0.3) is 0 Å². The maximum Gasteiger partial charge on any atom is 0.0502 e. The molecule has 0 radical (unpaired) electrons. The Bertz CT molecular complexity index is 239. The first-order valence-electron chi connectivity index (χ1n) is 7.85. The minimum atomic E-state index is 0.351. The molecule has 1 fully saturated rings. The topological polar surface area (TPSA) is 24.5 Å². The van der Waals surface area contributed by atoms with Crippen molar-refractivity contribution in [1.82, 2.24) is 10.2 Å². The number of rotatable bonds is 8. The Kier molecular flexibility index (Phi) is 7.33. The molecule has 1 unspecified atom stereocenters. The van der Waals surface area contributed by atoms with Crippen LogP contribution in [0.2, 0.25) is 0 Å². The molecule has 0 aliphatic carbocycles. The van der Waals surface area contributed by atoms with Crippen molar-refractivity contribution in [3.05, 3.63) is 0 Å². The lowest BCUT2D eigenvalue weighted by atomic mass is 9.90. The Morgan fingerprint density at radius 1 is 1.37 bits per heavy atom. The molecule has 0 amide bonds. The van der Waals surface area contributed by atoms with Crippen LogP contribution >= 0.6 is 0 Å². The summed E-state index contributed by atoms with van der Waals surface area (Å²) >= 11 is 0. The normalized spacial score (nSPS) is 22.1. The average Bonchev–Trinajstić information content (AvgIpc) is 2.28. The van der Waals surface area contributed by atoms with Crippen LogP contribution in [0.15, 0.2) is 0 Å². The fraction of sp³-hybridized carbons (Fsp3) is 1.00. The largest absolute Gasteiger partial charge is 0.384 e. The number of likely N-dealkylation sites (tertiary alicyclic amines) is 1. The highest BCUT2D eigenvalue weighted by Gasteiger charge is 2.26. The van der Waals surface area contributed by atoms with Gasteiger partial charge in [0.1, 0.15) is 0 Å². The minimum absolute atomic E-state index is 0.351. The van der Waals surface area contributed by atoms with Gasteiger partial charge in [-0.2, -0.15) is 0 Å². The summed E-state index contributed by atoms with van der Waals surface area (Å²) in [6, 6.07) is 0. The van der Waals surface area contributed by atoms with E-state index in [0.29, 0.717) is 5.41 Å². The third kappa shape index (κ3) is 7.28. The lowest BCUT2D eigenvalue weighted by molar-refractivity contribution is 0.0702. The van der Waals surface area contributed by atoms with E-state index in [1.807, 2.05) is 7.11 Å². The summed E-state index contributed by atoms with van der Waals surface area (Å²) in [5.74, 6) is 1.47. The molecule has 1 aliphatic rings. The number of nitrogens with zero attached hydrogens (tertiary/aromatic N) is 1. The fourth-order valence-electron chi connectivity index (χ4n) is 3.03. The molecule has 1 atom stereocenters. The van der Waals surface area contributed by atoms with Gasteiger partial charge in [0.25, 0.3) is 0 Å². The summed E-state index contributed by atoms with van der Waals surface area (Å²) in [5.41, 5.74) is 0.351. The van der Waals surface area contributed by atoms with Gasteiger partial charge in [0.2, 0.25) is 0 Å². The molecule has 19 heavy (non-hydrogen) atoms. The molecule has 0 aromatic rings. The van der Waals surface area contributed by atoms with Crippen molar-refractivity contribution in [3.63, 3.8) is 0 Å². The molecule has 0 spiro atoms. The second kappa shape index (κ2) is 8.23. The van der Waals surface area contributed by atoms with E-state index in [1.54, 1.807) is 0 Å². The Hall–Kier alpha value is -0.120. The first-order valence-corrected chi connectivity index (χ1v) is 7.85. The number of hydrogen-bond donors (Lipinski definition) is 1. The Morgan fingerprint density at radius 3 is 2.74 bits per heavy atom. The standard InChI is InChI=1S/C16H34N2O/c1-14(2)9-17-12-16(3,4)13-18-8-6-7-15(10-18)11-19-5/h14-15,17H,6-13H2,1-5H3. The van der Waals surface area contributed by atoms with Crippen molar-refractivity contribution in [2.24, 2.45) is 17.3 Å². The van der Waals surface area contributed by atoms with Crippen molar-refractivity contribution in [1.29, 1.82) is 0 Å². The second-order valence-corrected chi connectivity index (χ2v) is 7.39. The summed E-state index contributed by atoms with van der Waals surface area (Å²) in [7, 11) is 1.82. The molecule has 1 heterocycles. The first kappa shape index (κ1) is 16.9. The number of nitrogens with one attached hydrogen (secondary N) is 1. The molecule has 0 saturated carbocycles. The quantitative estimate of drug-likeness (QED) is 0.734. The minimum Gasteiger partial charge on any atom is -0.384 e. The molecule has 1 aliphatic heterocycles. The lowest BCUT2D eigenvalue weighted by Crippen LogP contribution is -2.45. The van der Waals surface area contributed by atoms with Gasteiger partial charge in [0, 0.05) is 26.7 Å². The smallest absolute Gasteiger partial charge is 0.0502 e. The van der Waals surface area contributed by atoms with E-state index >= 15 is 0 Å². The monoisotopic (exact) mass is 270 g/mol. The van der Waals surface area contributed by atoms with Crippen LogP contribution in [0, 0.1) is 17.3 Å². The van der Waals surface area contributed by atoms with Gasteiger partial charge in [-0.15, -0.1) is 0 Å². The number of piperidine rings is 1. The van der Waals surface area contributed by atoms with E-state index in [-0.39, 0.29) is 0 Å². The molecule has 0 aromatic heterocycles. The van der Waals surface area contributed by atoms with Crippen molar-refractivity contribution >= 4 is 0 Å². The van der Waals surface area contributed by atoms with Crippen molar-refractivity contribution in [2.45, 2.75) is 40.5 Å². The maximum absolute atomic E-state index is 5.31. The summed E-state index contributed by atoms with van der Waals surface area (Å²) < 4.78 is 5.31. The van der Waals surface area contributed by atoms with Crippen LogP contribution in [-0.4, -0.2) is 51.3 Å². The molecule has 114 valence electrons. The van der Waals surface area contributed by atoms with Gasteiger partial charge in [-0.3, -0.25) is 0 Å². The van der Waals surface area contributed by atoms with Gasteiger partial charge in [0.15, 0.2) is 0 Å². The molecule has 1 rings (SSSR count). The van der Waals surface area contributed by atoms with Gasteiger partial charge in [-0.1, -0.05) is 27.7 Å². The summed E-state index contributed by atoms with van der Waals surface area (Å²) in [6.45, 7) is 16.1. The van der Waals surface area contributed by atoms with Gasteiger partial charge in [-0.05, 0) is 43.2 Å². The van der Waals surface area contributed by atoms with E-state index in [2.05, 4.69) is 37.9 Å². The van der Waals surface area contributed by atoms with Gasteiger partial charge in [0.05, 0.1) is 6.61 Å². The summed E-state index contributed by atoms with van der Waals surface area (Å²) in [6.07, 6.45) is 2.65. The molecular weight excluding hydrogens is 236 g/mol. The highest BCUT2D eigenvalue weighted by atomic mass is 16.5. The molecule has 1 saturated heterocycles. The Balaban J connectivity index is 2.30. The second-order valence-electron chi connectivity index (χ2n) is 7.39. The van der Waals surface area contributed by atoms with E-state index in [4.69, 9.17) is 4.74 Å². The average molecular weight is 270 g/mol.